The SMILES string of the molecule is CSCCN(C)CCOc1cccc(C#CCO)c1. The van der Waals surface area contributed by atoms with Crippen molar-refractivity contribution in [2.45, 2.75) is 0 Å². The van der Waals surface area contributed by atoms with Gasteiger partial charge < -0.3 is 14.7 Å². The van der Waals surface area contributed by atoms with Gasteiger partial charge in [0.1, 0.15) is 19.0 Å². The zero-order valence-electron chi connectivity index (χ0n) is 11.6. The van der Waals surface area contributed by atoms with Gasteiger partial charge in [-0.1, -0.05) is 17.9 Å². The summed E-state index contributed by atoms with van der Waals surface area (Å²) < 4.78 is 5.70. The van der Waals surface area contributed by atoms with Gasteiger partial charge in [0, 0.05) is 24.4 Å². The molecule has 0 heterocycles. The summed E-state index contributed by atoms with van der Waals surface area (Å²) in [6.45, 7) is 2.53. The topological polar surface area (TPSA) is 32.7 Å². The molecular weight excluding hydrogens is 258 g/mol. The highest BCUT2D eigenvalue weighted by Gasteiger charge is 1.99. The van der Waals surface area contributed by atoms with Crippen LogP contribution in [0.4, 0.5) is 0 Å². The van der Waals surface area contributed by atoms with Gasteiger partial charge in [-0.05, 0) is 31.5 Å². The van der Waals surface area contributed by atoms with Gasteiger partial charge in [-0.3, -0.25) is 0 Å². The third-order valence-corrected chi connectivity index (χ3v) is 3.16. The molecule has 0 saturated heterocycles. The van der Waals surface area contributed by atoms with Crippen LogP contribution in [0.1, 0.15) is 5.56 Å². The fourth-order valence-electron chi connectivity index (χ4n) is 1.48. The molecule has 0 aliphatic carbocycles. The summed E-state index contributed by atoms with van der Waals surface area (Å²) in [6, 6.07) is 7.63. The van der Waals surface area contributed by atoms with E-state index in [1.807, 2.05) is 36.0 Å². The number of nitrogens with zero attached hydrogens (tertiary/aromatic N) is 1. The van der Waals surface area contributed by atoms with Crippen LogP contribution in [-0.2, 0) is 0 Å². The number of aliphatic hydroxyl groups excluding tert-OH is 1. The first-order valence-electron chi connectivity index (χ1n) is 6.26. The normalized spacial score (nSPS) is 10.1. The molecule has 0 aromatic heterocycles. The zero-order chi connectivity index (χ0) is 13.9. The lowest BCUT2D eigenvalue weighted by Gasteiger charge is -2.16. The Morgan fingerprint density at radius 1 is 1.37 bits per heavy atom. The maximum atomic E-state index is 8.66. The van der Waals surface area contributed by atoms with Crippen molar-refractivity contribution in [1.82, 2.24) is 4.90 Å². The van der Waals surface area contributed by atoms with Crippen LogP contribution in [0.15, 0.2) is 24.3 Å². The zero-order valence-corrected chi connectivity index (χ0v) is 12.4. The first-order chi connectivity index (χ1) is 9.26. The molecule has 0 unspecified atom stereocenters. The van der Waals surface area contributed by atoms with Crippen molar-refractivity contribution < 1.29 is 9.84 Å². The van der Waals surface area contributed by atoms with Crippen molar-refractivity contribution in [3.05, 3.63) is 29.8 Å². The molecule has 0 aliphatic rings. The average Bonchev–Trinajstić information content (AvgIpc) is 2.43. The van der Waals surface area contributed by atoms with E-state index in [1.54, 1.807) is 0 Å². The van der Waals surface area contributed by atoms with Crippen LogP contribution in [0.25, 0.3) is 0 Å². The van der Waals surface area contributed by atoms with Crippen LogP contribution in [0.5, 0.6) is 5.75 Å². The Hall–Kier alpha value is -1.15. The van der Waals surface area contributed by atoms with Gasteiger partial charge in [-0.25, -0.2) is 0 Å². The second-order valence-electron chi connectivity index (χ2n) is 4.13. The van der Waals surface area contributed by atoms with Crippen LogP contribution in [0.2, 0.25) is 0 Å². The van der Waals surface area contributed by atoms with Gasteiger partial charge in [0.05, 0.1) is 0 Å². The number of hydrogen-bond acceptors (Lipinski definition) is 4. The number of benzene rings is 1. The smallest absolute Gasteiger partial charge is 0.120 e. The van der Waals surface area contributed by atoms with E-state index in [0.717, 1.165) is 30.2 Å². The summed E-state index contributed by atoms with van der Waals surface area (Å²) in [6.07, 6.45) is 2.11. The third-order valence-electron chi connectivity index (χ3n) is 2.56. The second kappa shape index (κ2) is 9.74. The molecular formula is C15H21NO2S. The molecule has 1 rings (SSSR count). The van der Waals surface area contributed by atoms with E-state index in [2.05, 4.69) is 30.0 Å². The number of ether oxygens (including phenoxy) is 1. The van der Waals surface area contributed by atoms with E-state index >= 15 is 0 Å². The van der Waals surface area contributed by atoms with Crippen LogP contribution < -0.4 is 4.74 Å². The Morgan fingerprint density at radius 2 is 2.21 bits per heavy atom. The number of thioether (sulfide) groups is 1. The Balaban J connectivity index is 2.36. The minimum atomic E-state index is -0.120. The summed E-state index contributed by atoms with van der Waals surface area (Å²) in [5.74, 6) is 7.46. The average molecular weight is 279 g/mol. The summed E-state index contributed by atoms with van der Waals surface area (Å²) in [7, 11) is 2.10. The fraction of sp³-hybridized carbons (Fsp3) is 0.467. The van der Waals surface area contributed by atoms with Crippen molar-refractivity contribution in [2.75, 3.05) is 45.4 Å². The summed E-state index contributed by atoms with van der Waals surface area (Å²) in [5, 5.41) is 8.66. The largest absolute Gasteiger partial charge is 0.492 e. The number of hydrogen-bond donors (Lipinski definition) is 1. The van der Waals surface area contributed by atoms with Gasteiger partial charge in [-0.15, -0.1) is 0 Å². The van der Waals surface area contributed by atoms with Crippen molar-refractivity contribution >= 4 is 11.8 Å². The van der Waals surface area contributed by atoms with Crippen molar-refractivity contribution in [3.63, 3.8) is 0 Å². The number of rotatable bonds is 7. The van der Waals surface area contributed by atoms with Gasteiger partial charge in [0.25, 0.3) is 0 Å². The maximum Gasteiger partial charge on any atom is 0.120 e. The molecule has 1 aromatic carbocycles. The van der Waals surface area contributed by atoms with Crippen LogP contribution in [0.3, 0.4) is 0 Å². The van der Waals surface area contributed by atoms with E-state index < -0.39 is 0 Å². The van der Waals surface area contributed by atoms with Gasteiger partial charge >= 0.3 is 0 Å². The molecule has 0 radical (unpaired) electrons. The molecule has 0 amide bonds. The first kappa shape index (κ1) is 15.9. The predicted octanol–water partition coefficient (Wildman–Crippen LogP) is 1.70. The Morgan fingerprint density at radius 3 is 2.95 bits per heavy atom. The number of likely N-dealkylation sites (N-methyl/N-ethyl adjacent to an activating group) is 1. The van der Waals surface area contributed by atoms with Crippen LogP contribution in [-0.4, -0.2) is 55.4 Å². The lowest BCUT2D eigenvalue weighted by Crippen LogP contribution is -2.26. The Kier molecular flexibility index (Phi) is 8.15. The van der Waals surface area contributed by atoms with Gasteiger partial charge in [-0.2, -0.15) is 11.8 Å². The molecule has 1 N–H and O–H groups in total. The minimum absolute atomic E-state index is 0.120. The quantitative estimate of drug-likeness (QED) is 0.770. The molecule has 0 bridgehead atoms. The highest BCUT2D eigenvalue weighted by molar-refractivity contribution is 7.98. The molecule has 0 saturated carbocycles. The fourth-order valence-corrected chi connectivity index (χ4v) is 1.98. The van der Waals surface area contributed by atoms with E-state index in [9.17, 15) is 0 Å². The molecule has 0 atom stereocenters. The monoisotopic (exact) mass is 279 g/mol. The molecule has 4 heteroatoms. The van der Waals surface area contributed by atoms with Crippen molar-refractivity contribution in [1.29, 1.82) is 0 Å². The minimum Gasteiger partial charge on any atom is -0.492 e. The van der Waals surface area contributed by atoms with E-state index in [4.69, 9.17) is 9.84 Å². The van der Waals surface area contributed by atoms with Crippen molar-refractivity contribution in [2.24, 2.45) is 0 Å². The van der Waals surface area contributed by atoms with Crippen LogP contribution >= 0.6 is 11.8 Å². The molecule has 1 aromatic rings. The molecule has 0 aliphatic heterocycles. The second-order valence-corrected chi connectivity index (χ2v) is 5.12. The third kappa shape index (κ3) is 7.12. The highest BCUT2D eigenvalue weighted by atomic mass is 32.2. The Bertz CT molecular complexity index is 426. The summed E-state index contributed by atoms with van der Waals surface area (Å²) in [5.41, 5.74) is 0.863. The highest BCUT2D eigenvalue weighted by Crippen LogP contribution is 2.12. The van der Waals surface area contributed by atoms with E-state index in [-0.39, 0.29) is 6.61 Å². The van der Waals surface area contributed by atoms with Crippen LogP contribution in [0, 0.1) is 11.8 Å². The van der Waals surface area contributed by atoms with E-state index in [1.165, 1.54) is 0 Å². The van der Waals surface area contributed by atoms with Gasteiger partial charge in [0.2, 0.25) is 0 Å². The lowest BCUT2D eigenvalue weighted by atomic mass is 10.2. The summed E-state index contributed by atoms with van der Waals surface area (Å²) in [4.78, 5) is 2.26. The Labute approximate surface area is 120 Å². The molecule has 0 spiro atoms. The maximum absolute atomic E-state index is 8.66. The van der Waals surface area contributed by atoms with Crippen molar-refractivity contribution in [3.8, 4) is 17.6 Å². The molecule has 3 nitrogen and oxygen atoms in total. The lowest BCUT2D eigenvalue weighted by molar-refractivity contribution is 0.245. The summed E-state index contributed by atoms with van der Waals surface area (Å²) >= 11 is 1.85. The molecule has 104 valence electrons. The predicted molar refractivity (Wildman–Crippen MR) is 81.8 cm³/mol. The first-order valence-corrected chi connectivity index (χ1v) is 7.65. The molecule has 0 fully saturated rings. The molecule has 19 heavy (non-hydrogen) atoms. The van der Waals surface area contributed by atoms with Gasteiger partial charge in [0.15, 0.2) is 0 Å². The standard InChI is InChI=1S/C15H21NO2S/c1-16(9-12-19-2)8-11-18-15-7-3-5-14(13-15)6-4-10-17/h3,5,7,13,17H,8-12H2,1-2H3. The van der Waals surface area contributed by atoms with E-state index in [0.29, 0.717) is 6.61 Å². The number of aliphatic hydroxyl groups is 1.